The molecule has 0 saturated carbocycles. The Kier molecular flexibility index (Phi) is 4.63. The number of amides is 2. The summed E-state index contributed by atoms with van der Waals surface area (Å²) in [5.41, 5.74) is 0.973. The van der Waals surface area contributed by atoms with Crippen molar-refractivity contribution in [3.63, 3.8) is 0 Å². The van der Waals surface area contributed by atoms with Crippen LogP contribution in [0.25, 0.3) is 0 Å². The van der Waals surface area contributed by atoms with Crippen molar-refractivity contribution in [2.75, 3.05) is 0 Å². The average molecular weight is 237 g/mol. The van der Waals surface area contributed by atoms with Crippen molar-refractivity contribution < 1.29 is 19.2 Å². The van der Waals surface area contributed by atoms with E-state index in [1.807, 2.05) is 19.9 Å². The zero-order valence-corrected chi connectivity index (χ0v) is 9.93. The summed E-state index contributed by atoms with van der Waals surface area (Å²) in [5.74, 6) is -1.67. The summed E-state index contributed by atoms with van der Waals surface area (Å²) >= 11 is 0. The summed E-state index contributed by atoms with van der Waals surface area (Å²) in [6.07, 6.45) is 5.68. The molecule has 92 valence electrons. The zero-order chi connectivity index (χ0) is 12.8. The molecule has 1 rings (SSSR count). The lowest BCUT2D eigenvalue weighted by Crippen LogP contribution is -2.31. The fourth-order valence-corrected chi connectivity index (χ4v) is 1.37. The smallest absolute Gasteiger partial charge is 0.326 e. The topological polar surface area (TPSA) is 63.7 Å². The molecular weight excluding hydrogens is 222 g/mol. The molecule has 2 amide bonds. The van der Waals surface area contributed by atoms with Crippen LogP contribution in [0.3, 0.4) is 0 Å². The number of nitrogens with zero attached hydrogens (tertiary/aromatic N) is 1. The molecule has 0 aromatic rings. The molecule has 5 nitrogen and oxygen atoms in total. The normalized spacial score (nSPS) is 17.1. The van der Waals surface area contributed by atoms with Crippen LogP contribution < -0.4 is 0 Å². The predicted molar refractivity (Wildman–Crippen MR) is 60.4 cm³/mol. The molecule has 0 radical (unpaired) electrons. The third kappa shape index (κ3) is 3.55. The lowest BCUT2D eigenvalue weighted by atomic mass is 10.2. The second-order valence-corrected chi connectivity index (χ2v) is 3.54. The van der Waals surface area contributed by atoms with Crippen LogP contribution in [-0.2, 0) is 19.2 Å². The number of allylic oxidation sites excluding steroid dienone is 3. The van der Waals surface area contributed by atoms with Crippen LogP contribution in [0.5, 0.6) is 0 Å². The van der Waals surface area contributed by atoms with E-state index < -0.39 is 17.8 Å². The Morgan fingerprint density at radius 3 is 2.35 bits per heavy atom. The Labute approximate surface area is 99.7 Å². The van der Waals surface area contributed by atoms with Crippen molar-refractivity contribution >= 4 is 17.8 Å². The molecule has 17 heavy (non-hydrogen) atoms. The molecule has 0 bridgehead atoms. The van der Waals surface area contributed by atoms with E-state index in [1.54, 1.807) is 6.08 Å². The number of hydrogen-bond donors (Lipinski definition) is 0. The summed E-state index contributed by atoms with van der Waals surface area (Å²) in [6, 6.07) is 0. The van der Waals surface area contributed by atoms with E-state index in [4.69, 9.17) is 0 Å². The zero-order valence-electron chi connectivity index (χ0n) is 9.93. The minimum absolute atomic E-state index is 0.102. The maximum atomic E-state index is 11.3. The summed E-state index contributed by atoms with van der Waals surface area (Å²) in [7, 11) is 0. The molecule has 0 N–H and O–H groups in total. The van der Waals surface area contributed by atoms with Crippen LogP contribution in [0.15, 0.2) is 23.8 Å². The first-order chi connectivity index (χ1) is 8.08. The summed E-state index contributed by atoms with van der Waals surface area (Å²) in [6.45, 7) is 3.82. The van der Waals surface area contributed by atoms with Gasteiger partial charge in [0.05, 0.1) is 0 Å². The van der Waals surface area contributed by atoms with Crippen LogP contribution in [-0.4, -0.2) is 22.8 Å². The molecule has 0 aromatic carbocycles. The van der Waals surface area contributed by atoms with Gasteiger partial charge in [0.15, 0.2) is 0 Å². The SMILES string of the molecule is C/C=C(/C=C/C(=O)ON1C(=O)CCC1=O)CC. The summed E-state index contributed by atoms with van der Waals surface area (Å²) in [4.78, 5) is 38.3. The lowest BCUT2D eigenvalue weighted by molar-refractivity contribution is -0.193. The Hall–Kier alpha value is -1.91. The van der Waals surface area contributed by atoms with Gasteiger partial charge in [-0.3, -0.25) is 9.59 Å². The molecule has 0 unspecified atom stereocenters. The first-order valence-corrected chi connectivity index (χ1v) is 5.49. The van der Waals surface area contributed by atoms with Crippen molar-refractivity contribution in [3.05, 3.63) is 23.8 Å². The van der Waals surface area contributed by atoms with Crippen molar-refractivity contribution in [2.24, 2.45) is 0 Å². The van der Waals surface area contributed by atoms with Gasteiger partial charge in [-0.2, -0.15) is 0 Å². The minimum Gasteiger partial charge on any atom is -0.326 e. The number of rotatable bonds is 4. The average Bonchev–Trinajstić information content (AvgIpc) is 2.62. The quantitative estimate of drug-likeness (QED) is 0.422. The van der Waals surface area contributed by atoms with Gasteiger partial charge in [-0.25, -0.2) is 4.79 Å². The van der Waals surface area contributed by atoms with Crippen LogP contribution in [0, 0.1) is 0 Å². The largest absolute Gasteiger partial charge is 0.356 e. The monoisotopic (exact) mass is 237 g/mol. The van der Waals surface area contributed by atoms with Gasteiger partial charge >= 0.3 is 5.97 Å². The Morgan fingerprint density at radius 2 is 1.88 bits per heavy atom. The standard InChI is InChI=1S/C12H15NO4/c1-3-9(4-2)5-8-12(16)17-13-10(14)6-7-11(13)15/h3,5,8H,4,6-7H2,1-2H3/b8-5+,9-3+. The summed E-state index contributed by atoms with van der Waals surface area (Å²) in [5, 5.41) is 0.536. The molecule has 0 aliphatic carbocycles. The Balaban J connectivity index is 2.55. The first kappa shape index (κ1) is 13.2. The third-order valence-corrected chi connectivity index (χ3v) is 2.40. The van der Waals surface area contributed by atoms with E-state index in [2.05, 4.69) is 4.84 Å². The van der Waals surface area contributed by atoms with Gasteiger partial charge in [0.1, 0.15) is 0 Å². The van der Waals surface area contributed by atoms with E-state index in [0.29, 0.717) is 5.06 Å². The number of carbonyl (C=O) groups excluding carboxylic acids is 3. The van der Waals surface area contributed by atoms with Crippen LogP contribution >= 0.6 is 0 Å². The lowest BCUT2D eigenvalue weighted by Gasteiger charge is -2.10. The predicted octanol–water partition coefficient (Wildman–Crippen LogP) is 1.51. The van der Waals surface area contributed by atoms with Crippen molar-refractivity contribution in [3.8, 4) is 0 Å². The fraction of sp³-hybridized carbons (Fsp3) is 0.417. The molecule has 0 aromatic heterocycles. The fourth-order valence-electron chi connectivity index (χ4n) is 1.37. The first-order valence-electron chi connectivity index (χ1n) is 5.49. The molecule has 1 aliphatic heterocycles. The van der Waals surface area contributed by atoms with E-state index in [0.717, 1.165) is 12.0 Å². The maximum absolute atomic E-state index is 11.3. The molecular formula is C12H15NO4. The second-order valence-electron chi connectivity index (χ2n) is 3.54. The molecule has 5 heteroatoms. The molecule has 1 saturated heterocycles. The van der Waals surface area contributed by atoms with Gasteiger partial charge in [-0.1, -0.05) is 24.6 Å². The number of imide groups is 1. The molecule has 1 fully saturated rings. The van der Waals surface area contributed by atoms with Gasteiger partial charge < -0.3 is 4.84 Å². The highest BCUT2D eigenvalue weighted by Crippen LogP contribution is 2.12. The van der Waals surface area contributed by atoms with Gasteiger partial charge in [0.25, 0.3) is 11.8 Å². The minimum atomic E-state index is -0.721. The van der Waals surface area contributed by atoms with Crippen LogP contribution in [0.1, 0.15) is 33.1 Å². The Morgan fingerprint density at radius 1 is 1.29 bits per heavy atom. The van der Waals surface area contributed by atoms with Crippen molar-refractivity contribution in [2.45, 2.75) is 33.1 Å². The molecule has 1 heterocycles. The second kappa shape index (κ2) is 5.98. The highest BCUT2D eigenvalue weighted by molar-refractivity contribution is 6.02. The van der Waals surface area contributed by atoms with E-state index in [9.17, 15) is 14.4 Å². The van der Waals surface area contributed by atoms with E-state index in [1.165, 1.54) is 6.08 Å². The molecule has 0 atom stereocenters. The highest BCUT2D eigenvalue weighted by atomic mass is 16.7. The van der Waals surface area contributed by atoms with Crippen molar-refractivity contribution in [1.29, 1.82) is 0 Å². The van der Waals surface area contributed by atoms with Crippen LogP contribution in [0.4, 0.5) is 0 Å². The van der Waals surface area contributed by atoms with E-state index in [-0.39, 0.29) is 12.8 Å². The third-order valence-electron chi connectivity index (χ3n) is 2.40. The number of hydroxylamine groups is 2. The van der Waals surface area contributed by atoms with Gasteiger partial charge in [-0.15, -0.1) is 5.06 Å². The molecule has 1 aliphatic rings. The van der Waals surface area contributed by atoms with E-state index >= 15 is 0 Å². The number of hydrogen-bond acceptors (Lipinski definition) is 4. The number of carbonyl (C=O) groups is 3. The van der Waals surface area contributed by atoms with Crippen molar-refractivity contribution in [1.82, 2.24) is 5.06 Å². The van der Waals surface area contributed by atoms with Crippen LogP contribution in [0.2, 0.25) is 0 Å². The van der Waals surface area contributed by atoms with Gasteiger partial charge in [-0.05, 0) is 13.3 Å². The maximum Gasteiger partial charge on any atom is 0.356 e. The molecule has 0 spiro atoms. The van der Waals surface area contributed by atoms with Gasteiger partial charge in [0, 0.05) is 18.9 Å². The Bertz CT molecular complexity index is 379. The highest BCUT2D eigenvalue weighted by Gasteiger charge is 2.32. The van der Waals surface area contributed by atoms with Gasteiger partial charge in [0.2, 0.25) is 0 Å². The summed E-state index contributed by atoms with van der Waals surface area (Å²) < 4.78 is 0.